The minimum Gasteiger partial charge on any atom is -0.439 e. The number of pyridine rings is 1. The van der Waals surface area contributed by atoms with E-state index < -0.39 is 0 Å². The summed E-state index contributed by atoms with van der Waals surface area (Å²) in [6.45, 7) is 0. The number of anilines is 1. The van der Waals surface area contributed by atoms with E-state index in [1.54, 1.807) is 12.3 Å². The van der Waals surface area contributed by atoms with Crippen molar-refractivity contribution in [3.8, 4) is 11.6 Å². The van der Waals surface area contributed by atoms with Gasteiger partial charge in [-0.3, -0.25) is 4.79 Å². The van der Waals surface area contributed by atoms with Crippen LogP contribution in [0.15, 0.2) is 48.7 Å². The van der Waals surface area contributed by atoms with E-state index in [0.29, 0.717) is 16.8 Å². The summed E-state index contributed by atoms with van der Waals surface area (Å²) in [6, 6.07) is 13.1. The third-order valence-electron chi connectivity index (χ3n) is 3.77. The average molecular weight is 314 g/mol. The highest BCUT2D eigenvalue weighted by atomic mass is 32.2. The fraction of sp³-hybridized carbons (Fsp3) is 0.294. The Morgan fingerprint density at radius 1 is 1.23 bits per heavy atom. The Kier molecular flexibility index (Phi) is 4.63. The van der Waals surface area contributed by atoms with Crippen LogP contribution in [0, 0.1) is 5.92 Å². The van der Waals surface area contributed by atoms with Crippen molar-refractivity contribution in [1.82, 2.24) is 4.98 Å². The zero-order valence-electron chi connectivity index (χ0n) is 12.4. The van der Waals surface area contributed by atoms with Gasteiger partial charge in [-0.1, -0.05) is 18.2 Å². The van der Waals surface area contributed by atoms with Gasteiger partial charge in [-0.15, -0.1) is 0 Å². The molecule has 1 fully saturated rings. The molecule has 0 bridgehead atoms. The van der Waals surface area contributed by atoms with Gasteiger partial charge in [0.2, 0.25) is 11.8 Å². The molecule has 1 heterocycles. The molecule has 114 valence electrons. The van der Waals surface area contributed by atoms with E-state index in [0.717, 1.165) is 18.6 Å². The Morgan fingerprint density at radius 3 is 2.64 bits per heavy atom. The monoisotopic (exact) mass is 314 g/mol. The summed E-state index contributed by atoms with van der Waals surface area (Å²) in [6.07, 6.45) is 5.65. The van der Waals surface area contributed by atoms with Crippen molar-refractivity contribution >= 4 is 23.4 Å². The number of nitrogens with one attached hydrogen (secondary N) is 1. The minimum absolute atomic E-state index is 0.0869. The zero-order chi connectivity index (χ0) is 15.4. The molecule has 0 spiro atoms. The second kappa shape index (κ2) is 6.83. The van der Waals surface area contributed by atoms with Gasteiger partial charge in [0.25, 0.3) is 0 Å². The molecule has 1 aliphatic rings. The predicted octanol–water partition coefficient (Wildman–Crippen LogP) is 3.95. The second-order valence-electron chi connectivity index (χ2n) is 5.32. The quantitative estimate of drug-likeness (QED) is 0.908. The van der Waals surface area contributed by atoms with E-state index in [1.165, 1.54) is 0 Å². The molecule has 1 saturated carbocycles. The van der Waals surface area contributed by atoms with E-state index in [9.17, 15) is 4.79 Å². The Labute approximate surface area is 134 Å². The van der Waals surface area contributed by atoms with Gasteiger partial charge in [0.1, 0.15) is 5.75 Å². The normalized spacial score (nSPS) is 20.0. The second-order valence-corrected chi connectivity index (χ2v) is 6.45. The number of hydrogen-bond acceptors (Lipinski definition) is 4. The number of hydrogen-bond donors (Lipinski definition) is 1. The van der Waals surface area contributed by atoms with E-state index in [-0.39, 0.29) is 11.8 Å². The summed E-state index contributed by atoms with van der Waals surface area (Å²) >= 11 is 1.83. The molecule has 0 aliphatic heterocycles. The lowest BCUT2D eigenvalue weighted by molar-refractivity contribution is -0.121. The molecule has 1 aromatic carbocycles. The Hall–Kier alpha value is -2.01. The maximum atomic E-state index is 12.1. The maximum absolute atomic E-state index is 12.1. The van der Waals surface area contributed by atoms with Gasteiger partial charge in [-0.25, -0.2) is 4.98 Å². The number of nitrogens with zero attached hydrogens (tertiary/aromatic N) is 1. The highest BCUT2D eigenvalue weighted by Crippen LogP contribution is 2.36. The van der Waals surface area contributed by atoms with Crippen molar-refractivity contribution in [3.63, 3.8) is 0 Å². The number of thioether (sulfide) groups is 1. The maximum Gasteiger partial charge on any atom is 0.227 e. The summed E-state index contributed by atoms with van der Waals surface area (Å²) in [5, 5.41) is 3.55. The average Bonchev–Trinajstić information content (AvgIpc) is 2.49. The summed E-state index contributed by atoms with van der Waals surface area (Å²) < 4.78 is 5.62. The van der Waals surface area contributed by atoms with Gasteiger partial charge in [-0.05, 0) is 37.3 Å². The van der Waals surface area contributed by atoms with Crippen molar-refractivity contribution in [2.24, 2.45) is 5.92 Å². The molecule has 4 nitrogen and oxygen atoms in total. The first kappa shape index (κ1) is 14.9. The van der Waals surface area contributed by atoms with Crippen molar-refractivity contribution in [2.45, 2.75) is 18.1 Å². The first-order valence-corrected chi connectivity index (χ1v) is 8.56. The van der Waals surface area contributed by atoms with Gasteiger partial charge in [0, 0.05) is 17.2 Å². The molecule has 0 saturated heterocycles. The lowest BCUT2D eigenvalue weighted by atomic mass is 9.84. The molecular formula is C17H18N2O2S. The topological polar surface area (TPSA) is 51.2 Å². The molecule has 1 N–H and O–H groups in total. The first-order chi connectivity index (χ1) is 10.7. The van der Waals surface area contributed by atoms with Crippen molar-refractivity contribution < 1.29 is 9.53 Å². The van der Waals surface area contributed by atoms with Crippen molar-refractivity contribution in [3.05, 3.63) is 48.7 Å². The Morgan fingerprint density at radius 2 is 2.00 bits per heavy atom. The molecule has 0 radical (unpaired) electrons. The van der Waals surface area contributed by atoms with Crippen LogP contribution in [0.25, 0.3) is 0 Å². The highest BCUT2D eigenvalue weighted by molar-refractivity contribution is 7.99. The fourth-order valence-electron chi connectivity index (χ4n) is 2.34. The van der Waals surface area contributed by atoms with Crippen molar-refractivity contribution in [1.29, 1.82) is 0 Å². The number of benzene rings is 1. The number of rotatable bonds is 5. The molecule has 22 heavy (non-hydrogen) atoms. The number of para-hydroxylation sites is 1. The smallest absolute Gasteiger partial charge is 0.227 e. The largest absolute Gasteiger partial charge is 0.439 e. The minimum atomic E-state index is 0.0869. The highest BCUT2D eigenvalue weighted by Gasteiger charge is 2.33. The molecule has 1 aliphatic carbocycles. The van der Waals surface area contributed by atoms with E-state index in [4.69, 9.17) is 4.74 Å². The lowest BCUT2D eigenvalue weighted by Gasteiger charge is -2.32. The molecule has 5 heteroatoms. The molecule has 0 atom stereocenters. The zero-order valence-corrected chi connectivity index (χ0v) is 13.2. The molecule has 2 aromatic rings. The summed E-state index contributed by atoms with van der Waals surface area (Å²) in [5.74, 6) is 1.47. The summed E-state index contributed by atoms with van der Waals surface area (Å²) in [4.78, 5) is 16.3. The van der Waals surface area contributed by atoms with Crippen LogP contribution in [0.3, 0.4) is 0 Å². The Bertz CT molecular complexity index is 625. The summed E-state index contributed by atoms with van der Waals surface area (Å²) in [5.41, 5.74) is 0.706. The molecule has 1 aromatic heterocycles. The first-order valence-electron chi connectivity index (χ1n) is 7.27. The number of ether oxygens (including phenoxy) is 1. The molecule has 1 amide bonds. The van der Waals surface area contributed by atoms with Gasteiger partial charge < -0.3 is 10.1 Å². The van der Waals surface area contributed by atoms with E-state index in [1.807, 2.05) is 48.2 Å². The standard InChI is InChI=1S/C17H18N2O2S/c1-22-15-9-12(10-15)17(20)19-13-7-8-16(18-11-13)21-14-5-3-2-4-6-14/h2-8,11-12,15H,9-10H2,1H3,(H,19,20). The number of amides is 1. The lowest BCUT2D eigenvalue weighted by Crippen LogP contribution is -2.35. The molecule has 0 unspecified atom stereocenters. The van der Waals surface area contributed by atoms with Crippen LogP contribution >= 0.6 is 11.8 Å². The number of aromatic nitrogens is 1. The van der Waals surface area contributed by atoms with Crippen LogP contribution in [0.2, 0.25) is 0 Å². The van der Waals surface area contributed by atoms with Crippen LogP contribution < -0.4 is 10.1 Å². The molecular weight excluding hydrogens is 296 g/mol. The predicted molar refractivity (Wildman–Crippen MR) is 89.4 cm³/mol. The van der Waals surface area contributed by atoms with Gasteiger partial charge >= 0.3 is 0 Å². The molecule has 3 rings (SSSR count). The summed E-state index contributed by atoms with van der Waals surface area (Å²) in [7, 11) is 0. The van der Waals surface area contributed by atoms with E-state index >= 15 is 0 Å². The van der Waals surface area contributed by atoms with Crippen LogP contribution in [0.1, 0.15) is 12.8 Å². The third-order valence-corrected chi connectivity index (χ3v) is 4.82. The Balaban J connectivity index is 1.54. The van der Waals surface area contributed by atoms with Gasteiger partial charge in [0.05, 0.1) is 11.9 Å². The van der Waals surface area contributed by atoms with Crippen LogP contribution in [0.5, 0.6) is 11.6 Å². The van der Waals surface area contributed by atoms with Gasteiger partial charge in [0.15, 0.2) is 0 Å². The van der Waals surface area contributed by atoms with Crippen molar-refractivity contribution in [2.75, 3.05) is 11.6 Å². The fourth-order valence-corrected chi connectivity index (χ4v) is 3.19. The van der Waals surface area contributed by atoms with Crippen LogP contribution in [-0.2, 0) is 4.79 Å². The number of carbonyl (C=O) groups is 1. The van der Waals surface area contributed by atoms with E-state index in [2.05, 4.69) is 16.6 Å². The van der Waals surface area contributed by atoms with Crippen LogP contribution in [0.4, 0.5) is 5.69 Å². The number of carbonyl (C=O) groups excluding carboxylic acids is 1. The van der Waals surface area contributed by atoms with Crippen LogP contribution in [-0.4, -0.2) is 22.4 Å². The van der Waals surface area contributed by atoms with Gasteiger partial charge in [-0.2, -0.15) is 11.8 Å². The SMILES string of the molecule is CSC1CC(C(=O)Nc2ccc(Oc3ccccc3)nc2)C1. The third kappa shape index (κ3) is 3.60.